The number of aromatic amines is 1. The molecule has 124 valence electrons. The number of benzene rings is 1. The van der Waals surface area contributed by atoms with Gasteiger partial charge in [-0.3, -0.25) is 0 Å². The summed E-state index contributed by atoms with van der Waals surface area (Å²) in [6.45, 7) is 2.22. The number of fused-ring (bicyclic) bond motifs is 2. The standard InChI is InChI=1S/C19H21BrN4/c1-23-9-12(10-24-6-5-21-11-24)7-14-13-3-2-4-16-18(13)15(8-17(14)23)19(20)22-16/h2-6,11-12,14,17,22H,7-10H2,1H3/t12-,14?,17-/m1/s1. The van der Waals surface area contributed by atoms with Crippen molar-refractivity contribution < 1.29 is 0 Å². The van der Waals surface area contributed by atoms with Crippen LogP contribution in [0.3, 0.4) is 0 Å². The van der Waals surface area contributed by atoms with Crippen molar-refractivity contribution in [3.05, 3.63) is 52.7 Å². The Bertz CT molecular complexity index is 882. The minimum Gasteiger partial charge on any atom is -0.349 e. The molecule has 4 nitrogen and oxygen atoms in total. The summed E-state index contributed by atoms with van der Waals surface area (Å²) in [5.74, 6) is 1.29. The molecule has 2 aliphatic rings. The fourth-order valence-corrected chi connectivity index (χ4v) is 5.50. The molecule has 0 saturated carbocycles. The average molecular weight is 385 g/mol. The highest BCUT2D eigenvalue weighted by Crippen LogP contribution is 2.46. The molecule has 0 radical (unpaired) electrons. The van der Waals surface area contributed by atoms with E-state index < -0.39 is 0 Å². The third-order valence-electron chi connectivity index (χ3n) is 5.91. The van der Waals surface area contributed by atoms with Crippen molar-refractivity contribution in [3.8, 4) is 0 Å². The Kier molecular flexibility index (Phi) is 3.35. The molecular formula is C19H21BrN4. The van der Waals surface area contributed by atoms with Crippen molar-refractivity contribution in [3.63, 3.8) is 0 Å². The maximum atomic E-state index is 4.19. The first-order valence-electron chi connectivity index (χ1n) is 8.65. The van der Waals surface area contributed by atoms with Crippen molar-refractivity contribution in [2.24, 2.45) is 5.92 Å². The number of likely N-dealkylation sites (tertiary alicyclic amines) is 1. The van der Waals surface area contributed by atoms with Crippen LogP contribution >= 0.6 is 15.9 Å². The van der Waals surface area contributed by atoms with Crippen molar-refractivity contribution in [1.82, 2.24) is 19.4 Å². The SMILES string of the molecule is CN1C[C@H](Cn2ccnc2)CC2c3cccc4[nH]c(Br)c(c34)C[C@H]21. The molecule has 3 atom stereocenters. The summed E-state index contributed by atoms with van der Waals surface area (Å²) in [5, 5.41) is 1.46. The monoisotopic (exact) mass is 384 g/mol. The van der Waals surface area contributed by atoms with Gasteiger partial charge in [-0.2, -0.15) is 0 Å². The predicted molar refractivity (Wildman–Crippen MR) is 99.2 cm³/mol. The molecule has 0 bridgehead atoms. The Hall–Kier alpha value is -1.59. The van der Waals surface area contributed by atoms with Crippen LogP contribution in [0.15, 0.2) is 41.5 Å². The molecule has 5 rings (SSSR count). The second-order valence-electron chi connectivity index (χ2n) is 7.37. The number of halogens is 1. The Morgan fingerprint density at radius 3 is 3.12 bits per heavy atom. The van der Waals surface area contributed by atoms with Crippen molar-refractivity contribution in [2.75, 3.05) is 13.6 Å². The number of imidazole rings is 1. The van der Waals surface area contributed by atoms with Crippen LogP contribution in [0.1, 0.15) is 23.5 Å². The normalized spacial score (nSPS) is 26.7. The van der Waals surface area contributed by atoms with Gasteiger partial charge in [-0.1, -0.05) is 12.1 Å². The lowest BCUT2D eigenvalue weighted by molar-refractivity contribution is 0.103. The average Bonchev–Trinajstić information content (AvgIpc) is 3.18. The van der Waals surface area contributed by atoms with E-state index in [1.807, 2.05) is 12.5 Å². The molecule has 1 saturated heterocycles. The number of nitrogens with one attached hydrogen (secondary N) is 1. The predicted octanol–water partition coefficient (Wildman–Crippen LogP) is 3.79. The number of rotatable bonds is 2. The highest BCUT2D eigenvalue weighted by atomic mass is 79.9. The first kappa shape index (κ1) is 14.7. The Morgan fingerprint density at radius 1 is 1.38 bits per heavy atom. The van der Waals surface area contributed by atoms with E-state index in [1.54, 1.807) is 0 Å². The van der Waals surface area contributed by atoms with Gasteiger partial charge in [0.2, 0.25) is 0 Å². The summed E-state index contributed by atoms with van der Waals surface area (Å²) in [4.78, 5) is 10.3. The van der Waals surface area contributed by atoms with Crippen LogP contribution in [0, 0.1) is 5.92 Å². The van der Waals surface area contributed by atoms with Gasteiger partial charge in [0.05, 0.1) is 10.9 Å². The zero-order valence-electron chi connectivity index (χ0n) is 13.7. The molecule has 1 aliphatic carbocycles. The van der Waals surface area contributed by atoms with Gasteiger partial charge in [-0.15, -0.1) is 0 Å². The fraction of sp³-hybridized carbons (Fsp3) is 0.421. The van der Waals surface area contributed by atoms with E-state index in [-0.39, 0.29) is 0 Å². The zero-order chi connectivity index (χ0) is 16.3. The van der Waals surface area contributed by atoms with Crippen LogP contribution in [0.5, 0.6) is 0 Å². The van der Waals surface area contributed by atoms with Crippen LogP contribution in [0.4, 0.5) is 0 Å². The van der Waals surface area contributed by atoms with Gasteiger partial charge in [0, 0.05) is 48.3 Å². The van der Waals surface area contributed by atoms with Crippen LogP contribution < -0.4 is 0 Å². The molecule has 0 amide bonds. The Morgan fingerprint density at radius 2 is 2.29 bits per heavy atom. The minimum atomic E-state index is 0.606. The zero-order valence-corrected chi connectivity index (χ0v) is 15.3. The second-order valence-corrected chi connectivity index (χ2v) is 8.16. The van der Waals surface area contributed by atoms with Gasteiger partial charge < -0.3 is 14.5 Å². The molecule has 1 unspecified atom stereocenters. The summed E-state index contributed by atoms with van der Waals surface area (Å²) < 4.78 is 3.39. The molecule has 3 aromatic rings. The summed E-state index contributed by atoms with van der Waals surface area (Å²) in [7, 11) is 2.30. The van der Waals surface area contributed by atoms with Crippen LogP contribution in [-0.2, 0) is 13.0 Å². The number of likely N-dealkylation sites (N-methyl/N-ethyl adjacent to an activating group) is 1. The highest BCUT2D eigenvalue weighted by molar-refractivity contribution is 9.10. The van der Waals surface area contributed by atoms with E-state index in [9.17, 15) is 0 Å². The summed E-state index contributed by atoms with van der Waals surface area (Å²) in [5.41, 5.74) is 4.26. The molecule has 2 aromatic heterocycles. The van der Waals surface area contributed by atoms with Gasteiger partial charge in [-0.05, 0) is 58.9 Å². The van der Waals surface area contributed by atoms with E-state index >= 15 is 0 Å². The van der Waals surface area contributed by atoms with E-state index in [2.05, 4.69) is 66.8 Å². The largest absolute Gasteiger partial charge is 0.349 e. The molecule has 24 heavy (non-hydrogen) atoms. The minimum absolute atomic E-state index is 0.606. The lowest BCUT2D eigenvalue weighted by Crippen LogP contribution is -2.48. The molecular weight excluding hydrogens is 364 g/mol. The maximum absolute atomic E-state index is 4.19. The van der Waals surface area contributed by atoms with Crippen LogP contribution in [0.2, 0.25) is 0 Å². The topological polar surface area (TPSA) is 36.9 Å². The van der Waals surface area contributed by atoms with Gasteiger partial charge in [0.15, 0.2) is 0 Å². The molecule has 1 aromatic carbocycles. The quantitative estimate of drug-likeness (QED) is 0.729. The number of hydrogen-bond acceptors (Lipinski definition) is 2. The van der Waals surface area contributed by atoms with E-state index in [4.69, 9.17) is 0 Å². The van der Waals surface area contributed by atoms with Gasteiger partial charge >= 0.3 is 0 Å². The number of aromatic nitrogens is 3. The Balaban J connectivity index is 1.54. The number of H-pyrrole nitrogens is 1. The van der Waals surface area contributed by atoms with Gasteiger partial charge in [-0.25, -0.2) is 4.98 Å². The third kappa shape index (κ3) is 2.18. The number of piperidine rings is 1. The first-order valence-corrected chi connectivity index (χ1v) is 9.45. The molecule has 0 spiro atoms. The van der Waals surface area contributed by atoms with Gasteiger partial charge in [0.1, 0.15) is 0 Å². The molecule has 1 aliphatic heterocycles. The third-order valence-corrected chi connectivity index (χ3v) is 6.59. The Labute approximate surface area is 150 Å². The van der Waals surface area contributed by atoms with Crippen molar-refractivity contribution in [1.29, 1.82) is 0 Å². The summed E-state index contributed by atoms with van der Waals surface area (Å²) >= 11 is 3.74. The summed E-state index contributed by atoms with van der Waals surface area (Å²) in [6, 6.07) is 7.35. The molecule has 5 heteroatoms. The van der Waals surface area contributed by atoms with Crippen LogP contribution in [0.25, 0.3) is 10.9 Å². The second kappa shape index (κ2) is 5.46. The lowest BCUT2D eigenvalue weighted by Gasteiger charge is -2.45. The molecule has 3 heterocycles. The van der Waals surface area contributed by atoms with E-state index in [0.29, 0.717) is 17.9 Å². The number of hydrogen-bond donors (Lipinski definition) is 1. The lowest BCUT2D eigenvalue weighted by atomic mass is 9.72. The van der Waals surface area contributed by atoms with Crippen molar-refractivity contribution in [2.45, 2.75) is 31.3 Å². The number of nitrogens with zero attached hydrogens (tertiary/aromatic N) is 3. The van der Waals surface area contributed by atoms with Gasteiger partial charge in [0.25, 0.3) is 0 Å². The van der Waals surface area contributed by atoms with Crippen LogP contribution in [-0.4, -0.2) is 39.1 Å². The molecule has 1 fully saturated rings. The smallest absolute Gasteiger partial charge is 0.0946 e. The van der Waals surface area contributed by atoms with E-state index in [0.717, 1.165) is 24.1 Å². The van der Waals surface area contributed by atoms with Crippen molar-refractivity contribution >= 4 is 26.8 Å². The molecule has 1 N–H and O–H groups in total. The highest BCUT2D eigenvalue weighted by Gasteiger charge is 2.40. The summed E-state index contributed by atoms with van der Waals surface area (Å²) in [6.07, 6.45) is 8.29. The first-order chi connectivity index (χ1) is 11.7. The maximum Gasteiger partial charge on any atom is 0.0946 e. The van der Waals surface area contributed by atoms with E-state index in [1.165, 1.54) is 28.5 Å². The fourth-order valence-electron chi connectivity index (χ4n) is 4.92.